The van der Waals surface area contributed by atoms with Gasteiger partial charge in [-0.25, -0.2) is 8.42 Å². The number of para-hydroxylation sites is 1. The number of fused-ring (bicyclic) bond motifs is 1. The molecule has 0 aliphatic rings. The zero-order valence-electron chi connectivity index (χ0n) is 16.8. The first-order chi connectivity index (χ1) is 14.9. The van der Waals surface area contributed by atoms with Crippen molar-refractivity contribution in [2.24, 2.45) is 0 Å². The maximum atomic E-state index is 12.3. The highest BCUT2D eigenvalue weighted by molar-refractivity contribution is 7.91. The van der Waals surface area contributed by atoms with Gasteiger partial charge in [-0.3, -0.25) is 10.1 Å². The molecule has 10 heteroatoms. The van der Waals surface area contributed by atoms with Crippen molar-refractivity contribution in [1.29, 1.82) is 0 Å². The summed E-state index contributed by atoms with van der Waals surface area (Å²) >= 11 is 0. The first-order valence-corrected chi connectivity index (χ1v) is 11.1. The van der Waals surface area contributed by atoms with Gasteiger partial charge in [-0.15, -0.1) is 5.10 Å². The molecule has 0 fully saturated rings. The van der Waals surface area contributed by atoms with E-state index in [1.54, 1.807) is 38.3 Å². The van der Waals surface area contributed by atoms with Gasteiger partial charge in [0.1, 0.15) is 0 Å². The van der Waals surface area contributed by atoms with Gasteiger partial charge >= 0.3 is 6.01 Å². The molecule has 2 heterocycles. The van der Waals surface area contributed by atoms with Crippen LogP contribution in [0.4, 0.5) is 6.01 Å². The number of carbonyl (C=O) groups is 1. The summed E-state index contributed by atoms with van der Waals surface area (Å²) in [6.45, 7) is 1.58. The summed E-state index contributed by atoms with van der Waals surface area (Å²) in [6, 6.07) is 13.3. The first kappa shape index (κ1) is 20.6. The average molecular weight is 441 g/mol. The lowest BCUT2D eigenvalue weighted by Gasteiger charge is -2.04. The SMILES string of the molecule is CCS(=O)(=O)c1ccc(CC(=O)Nc2nnc(-c3cc4cccc(OC)c4o3)o2)cc1. The Balaban J connectivity index is 1.45. The molecule has 1 amide bonds. The number of methoxy groups -OCH3 is 1. The summed E-state index contributed by atoms with van der Waals surface area (Å²) < 4.78 is 40.3. The van der Waals surface area contributed by atoms with Crippen LogP contribution in [0.5, 0.6) is 5.75 Å². The summed E-state index contributed by atoms with van der Waals surface area (Å²) in [7, 11) is -1.73. The lowest BCUT2D eigenvalue weighted by atomic mass is 10.1. The summed E-state index contributed by atoms with van der Waals surface area (Å²) in [5.41, 5.74) is 1.20. The number of anilines is 1. The number of furan rings is 1. The number of nitrogens with one attached hydrogen (secondary N) is 1. The molecule has 0 aliphatic carbocycles. The molecule has 2 aromatic carbocycles. The fourth-order valence-corrected chi connectivity index (χ4v) is 3.89. The van der Waals surface area contributed by atoms with Crippen molar-refractivity contribution in [2.75, 3.05) is 18.2 Å². The lowest BCUT2D eigenvalue weighted by Crippen LogP contribution is -2.14. The number of sulfone groups is 1. The Morgan fingerprint density at radius 2 is 1.87 bits per heavy atom. The van der Waals surface area contributed by atoms with E-state index in [4.69, 9.17) is 13.6 Å². The smallest absolute Gasteiger partial charge is 0.322 e. The molecular formula is C21H19N3O6S. The molecule has 31 heavy (non-hydrogen) atoms. The van der Waals surface area contributed by atoms with E-state index in [0.717, 1.165) is 5.39 Å². The second-order valence-electron chi connectivity index (χ2n) is 6.67. The standard InChI is InChI=1S/C21H19N3O6S/c1-3-31(26,27)15-9-7-13(8-10-15)11-18(25)22-21-24-23-20(30-21)17-12-14-5-4-6-16(28-2)19(14)29-17/h4-10,12H,3,11H2,1-2H3,(H,22,24,25). The van der Waals surface area contributed by atoms with Crippen LogP contribution in [0, 0.1) is 0 Å². The molecule has 0 saturated carbocycles. The summed E-state index contributed by atoms with van der Waals surface area (Å²) in [6.07, 6.45) is 0.0198. The number of hydrogen-bond donors (Lipinski definition) is 1. The molecule has 1 N–H and O–H groups in total. The third kappa shape index (κ3) is 4.29. The summed E-state index contributed by atoms with van der Waals surface area (Å²) in [5.74, 6) is 0.676. The van der Waals surface area contributed by atoms with Crippen molar-refractivity contribution < 1.29 is 26.8 Å². The minimum atomic E-state index is -3.28. The Hall–Kier alpha value is -3.66. The van der Waals surface area contributed by atoms with Crippen molar-refractivity contribution in [1.82, 2.24) is 10.2 Å². The maximum Gasteiger partial charge on any atom is 0.322 e. The monoisotopic (exact) mass is 441 g/mol. The first-order valence-electron chi connectivity index (χ1n) is 9.41. The van der Waals surface area contributed by atoms with Crippen LogP contribution in [0.15, 0.2) is 62.3 Å². The van der Waals surface area contributed by atoms with Gasteiger partial charge in [-0.1, -0.05) is 36.3 Å². The van der Waals surface area contributed by atoms with Crippen LogP contribution in [0.25, 0.3) is 22.6 Å². The third-order valence-electron chi connectivity index (χ3n) is 4.64. The molecule has 0 atom stereocenters. The molecule has 160 valence electrons. The second-order valence-corrected chi connectivity index (χ2v) is 8.95. The predicted octanol–water partition coefficient (Wildman–Crippen LogP) is 3.47. The molecule has 9 nitrogen and oxygen atoms in total. The van der Waals surface area contributed by atoms with Crippen molar-refractivity contribution in [2.45, 2.75) is 18.2 Å². The minimum Gasteiger partial charge on any atom is -0.493 e. The Morgan fingerprint density at radius 1 is 1.10 bits per heavy atom. The van der Waals surface area contributed by atoms with Gasteiger partial charge < -0.3 is 13.6 Å². The van der Waals surface area contributed by atoms with Crippen LogP contribution in [0.3, 0.4) is 0 Å². The zero-order chi connectivity index (χ0) is 22.0. The van der Waals surface area contributed by atoms with E-state index in [0.29, 0.717) is 22.7 Å². The third-order valence-corrected chi connectivity index (χ3v) is 6.39. The molecule has 4 rings (SSSR count). The van der Waals surface area contributed by atoms with Crippen LogP contribution in [0.2, 0.25) is 0 Å². The van der Waals surface area contributed by atoms with Crippen LogP contribution in [0.1, 0.15) is 12.5 Å². The molecular weight excluding hydrogens is 422 g/mol. The van der Waals surface area contributed by atoms with E-state index >= 15 is 0 Å². The van der Waals surface area contributed by atoms with E-state index in [-0.39, 0.29) is 34.9 Å². The van der Waals surface area contributed by atoms with Gasteiger partial charge in [0, 0.05) is 5.39 Å². The average Bonchev–Trinajstić information content (AvgIpc) is 3.40. The highest BCUT2D eigenvalue weighted by Crippen LogP contribution is 2.33. The van der Waals surface area contributed by atoms with E-state index in [2.05, 4.69) is 15.5 Å². The summed E-state index contributed by atoms with van der Waals surface area (Å²) in [5, 5.41) is 11.1. The normalized spacial score (nSPS) is 11.5. The van der Waals surface area contributed by atoms with E-state index in [1.807, 2.05) is 12.1 Å². The van der Waals surface area contributed by atoms with E-state index in [1.165, 1.54) is 12.1 Å². The number of benzene rings is 2. The van der Waals surface area contributed by atoms with E-state index < -0.39 is 9.84 Å². The van der Waals surface area contributed by atoms with Crippen LogP contribution >= 0.6 is 0 Å². The van der Waals surface area contributed by atoms with Gasteiger partial charge in [-0.05, 0) is 29.8 Å². The Bertz CT molecular complexity index is 1340. The van der Waals surface area contributed by atoms with Crippen LogP contribution < -0.4 is 10.1 Å². The van der Waals surface area contributed by atoms with Crippen molar-refractivity contribution in [3.63, 3.8) is 0 Å². The number of carbonyl (C=O) groups excluding carboxylic acids is 1. The molecule has 2 aromatic heterocycles. The number of ether oxygens (including phenoxy) is 1. The van der Waals surface area contributed by atoms with Crippen molar-refractivity contribution >= 4 is 32.7 Å². The van der Waals surface area contributed by atoms with Gasteiger partial charge in [0.25, 0.3) is 5.89 Å². The number of nitrogens with zero attached hydrogens (tertiary/aromatic N) is 2. The highest BCUT2D eigenvalue weighted by Gasteiger charge is 2.17. The number of hydrogen-bond acceptors (Lipinski definition) is 8. The second kappa shape index (κ2) is 8.23. The molecule has 0 aliphatic heterocycles. The van der Waals surface area contributed by atoms with Crippen molar-refractivity contribution in [3.05, 3.63) is 54.1 Å². The molecule has 4 aromatic rings. The highest BCUT2D eigenvalue weighted by atomic mass is 32.2. The number of rotatable bonds is 7. The molecule has 0 spiro atoms. The predicted molar refractivity (Wildman–Crippen MR) is 113 cm³/mol. The van der Waals surface area contributed by atoms with Gasteiger partial charge in [-0.2, -0.15) is 0 Å². The fraction of sp³-hybridized carbons (Fsp3) is 0.190. The number of aromatic nitrogens is 2. The van der Waals surface area contributed by atoms with Gasteiger partial charge in [0.15, 0.2) is 26.9 Å². The van der Waals surface area contributed by atoms with Gasteiger partial charge in [0.05, 0.1) is 24.2 Å². The lowest BCUT2D eigenvalue weighted by molar-refractivity contribution is -0.115. The molecule has 0 radical (unpaired) electrons. The van der Waals surface area contributed by atoms with Crippen molar-refractivity contribution in [3.8, 4) is 17.4 Å². The molecule has 0 saturated heterocycles. The fourth-order valence-electron chi connectivity index (χ4n) is 3.01. The Kier molecular flexibility index (Phi) is 5.47. The van der Waals surface area contributed by atoms with E-state index in [9.17, 15) is 13.2 Å². The topological polar surface area (TPSA) is 125 Å². The Labute approximate surface area is 177 Å². The summed E-state index contributed by atoms with van der Waals surface area (Å²) in [4.78, 5) is 12.5. The quantitative estimate of drug-likeness (QED) is 0.462. The van der Waals surface area contributed by atoms with Gasteiger partial charge in [0.2, 0.25) is 5.91 Å². The largest absolute Gasteiger partial charge is 0.493 e. The Morgan fingerprint density at radius 3 is 2.58 bits per heavy atom. The van der Waals surface area contributed by atoms with Crippen LogP contribution in [-0.4, -0.2) is 37.4 Å². The zero-order valence-corrected chi connectivity index (χ0v) is 17.6. The maximum absolute atomic E-state index is 12.3. The molecule has 0 unspecified atom stereocenters. The van der Waals surface area contributed by atoms with Crippen LogP contribution in [-0.2, 0) is 21.1 Å². The number of amides is 1. The molecule has 0 bridgehead atoms. The minimum absolute atomic E-state index is 0.0182.